The van der Waals surface area contributed by atoms with Gasteiger partial charge >= 0.3 is 0 Å². The van der Waals surface area contributed by atoms with Crippen molar-refractivity contribution < 1.29 is 9.59 Å². The minimum Gasteiger partial charge on any atom is -0.342 e. The number of carbonyl (C=O) groups is 2. The van der Waals surface area contributed by atoms with Crippen LogP contribution in [0.25, 0.3) is 0 Å². The van der Waals surface area contributed by atoms with Gasteiger partial charge in [-0.25, -0.2) is 0 Å². The fourth-order valence-electron chi connectivity index (χ4n) is 1.45. The molecule has 0 aromatic rings. The molecule has 1 aliphatic rings. The van der Waals surface area contributed by atoms with Crippen LogP contribution in [0.3, 0.4) is 0 Å². The number of halogens is 1. The van der Waals surface area contributed by atoms with E-state index in [4.69, 9.17) is 11.6 Å². The van der Waals surface area contributed by atoms with Crippen LogP contribution in [-0.2, 0) is 9.59 Å². The largest absolute Gasteiger partial charge is 0.342 e. The number of piperidine rings is 1. The van der Waals surface area contributed by atoms with Gasteiger partial charge in [0.2, 0.25) is 11.1 Å². The highest BCUT2D eigenvalue weighted by molar-refractivity contribution is 6.64. The third-order valence-corrected chi connectivity index (χ3v) is 2.50. The maximum Gasteiger partial charge on any atom is 0.226 e. The lowest BCUT2D eigenvalue weighted by Gasteiger charge is -2.29. The van der Waals surface area contributed by atoms with Crippen molar-refractivity contribution in [2.45, 2.75) is 19.8 Å². The molecule has 0 aromatic heterocycles. The van der Waals surface area contributed by atoms with Crippen molar-refractivity contribution >= 4 is 22.8 Å². The zero-order chi connectivity index (χ0) is 9.14. The molecule has 1 heterocycles. The van der Waals surface area contributed by atoms with Gasteiger partial charge in [-0.1, -0.05) is 0 Å². The summed E-state index contributed by atoms with van der Waals surface area (Å²) in [6.45, 7) is 2.77. The van der Waals surface area contributed by atoms with Crippen molar-refractivity contribution in [3.05, 3.63) is 0 Å². The lowest BCUT2D eigenvalue weighted by Crippen LogP contribution is -2.40. The molecule has 0 spiro atoms. The molecule has 0 N–H and O–H groups in total. The monoisotopic (exact) mass is 189 g/mol. The third kappa shape index (κ3) is 2.21. The van der Waals surface area contributed by atoms with Crippen molar-refractivity contribution in [1.29, 1.82) is 0 Å². The second-order valence-electron chi connectivity index (χ2n) is 3.11. The van der Waals surface area contributed by atoms with Crippen LogP contribution in [0.5, 0.6) is 0 Å². The normalized spacial score (nSPS) is 23.8. The van der Waals surface area contributed by atoms with Crippen LogP contribution < -0.4 is 0 Å². The number of carbonyl (C=O) groups excluding carboxylic acids is 2. The molecule has 0 radical (unpaired) electrons. The standard InChI is InChI=1S/C8H12ClNO2/c1-6(11)10-4-2-3-7(5-10)8(9)12/h7H,2-5H2,1H3. The molecule has 1 aliphatic heterocycles. The molecule has 68 valence electrons. The molecule has 1 amide bonds. The van der Waals surface area contributed by atoms with Gasteiger partial charge in [0.25, 0.3) is 0 Å². The van der Waals surface area contributed by atoms with Gasteiger partial charge in [0, 0.05) is 20.0 Å². The number of rotatable bonds is 1. The van der Waals surface area contributed by atoms with Crippen LogP contribution in [0.1, 0.15) is 19.8 Å². The molecule has 1 unspecified atom stereocenters. The van der Waals surface area contributed by atoms with Crippen LogP contribution in [0, 0.1) is 5.92 Å². The van der Waals surface area contributed by atoms with Crippen molar-refractivity contribution in [2.24, 2.45) is 5.92 Å². The summed E-state index contributed by atoms with van der Waals surface area (Å²) in [6, 6.07) is 0. The molecule has 0 aromatic carbocycles. The Labute approximate surface area is 76.7 Å². The average molecular weight is 190 g/mol. The highest BCUT2D eigenvalue weighted by Crippen LogP contribution is 2.18. The van der Waals surface area contributed by atoms with E-state index in [-0.39, 0.29) is 17.1 Å². The second-order valence-corrected chi connectivity index (χ2v) is 3.48. The molecule has 3 nitrogen and oxygen atoms in total. The van der Waals surface area contributed by atoms with E-state index in [1.165, 1.54) is 6.92 Å². The Morgan fingerprint density at radius 3 is 2.67 bits per heavy atom. The summed E-state index contributed by atoms with van der Waals surface area (Å²) < 4.78 is 0. The summed E-state index contributed by atoms with van der Waals surface area (Å²) in [5.41, 5.74) is 0. The van der Waals surface area contributed by atoms with E-state index in [0.29, 0.717) is 6.54 Å². The highest BCUT2D eigenvalue weighted by atomic mass is 35.5. The Kier molecular flexibility index (Phi) is 3.09. The van der Waals surface area contributed by atoms with Crippen LogP contribution in [0.2, 0.25) is 0 Å². The molecule has 1 rings (SSSR count). The lowest BCUT2D eigenvalue weighted by molar-refractivity contribution is -0.131. The van der Waals surface area contributed by atoms with Crippen molar-refractivity contribution in [2.75, 3.05) is 13.1 Å². The summed E-state index contributed by atoms with van der Waals surface area (Å²) in [5, 5.41) is -0.319. The van der Waals surface area contributed by atoms with Gasteiger partial charge in [-0.2, -0.15) is 0 Å². The van der Waals surface area contributed by atoms with Crippen molar-refractivity contribution in [3.8, 4) is 0 Å². The SMILES string of the molecule is CC(=O)N1CCCC(C(=O)Cl)C1. The van der Waals surface area contributed by atoms with Gasteiger partial charge in [-0.15, -0.1) is 0 Å². The van der Waals surface area contributed by atoms with E-state index in [2.05, 4.69) is 0 Å². The molecular formula is C8H12ClNO2. The van der Waals surface area contributed by atoms with E-state index >= 15 is 0 Å². The summed E-state index contributed by atoms with van der Waals surface area (Å²) in [4.78, 5) is 23.4. The fourth-order valence-corrected chi connectivity index (χ4v) is 1.63. The number of hydrogen-bond donors (Lipinski definition) is 0. The van der Waals surface area contributed by atoms with Gasteiger partial charge in [0.15, 0.2) is 0 Å². The minimum atomic E-state index is -0.319. The lowest BCUT2D eigenvalue weighted by atomic mass is 9.99. The Hall–Kier alpha value is -0.570. The van der Waals surface area contributed by atoms with Crippen molar-refractivity contribution in [3.63, 3.8) is 0 Å². The maximum atomic E-state index is 10.9. The molecule has 1 atom stereocenters. The Morgan fingerprint density at radius 2 is 2.17 bits per heavy atom. The predicted molar refractivity (Wildman–Crippen MR) is 45.8 cm³/mol. The van der Waals surface area contributed by atoms with Gasteiger partial charge in [-0.05, 0) is 24.4 Å². The maximum absolute atomic E-state index is 10.9. The smallest absolute Gasteiger partial charge is 0.226 e. The number of likely N-dealkylation sites (tertiary alicyclic amines) is 1. The van der Waals surface area contributed by atoms with Gasteiger partial charge in [-0.3, -0.25) is 9.59 Å². The van der Waals surface area contributed by atoms with Crippen LogP contribution in [-0.4, -0.2) is 29.1 Å². The Bertz CT molecular complexity index is 185. The number of nitrogens with zero attached hydrogens (tertiary/aromatic N) is 1. The number of hydrogen-bond acceptors (Lipinski definition) is 2. The Balaban J connectivity index is 2.51. The van der Waals surface area contributed by atoms with E-state index in [0.717, 1.165) is 19.4 Å². The summed E-state index contributed by atoms with van der Waals surface area (Å²) >= 11 is 5.35. The minimum absolute atomic E-state index is 0.0256. The first kappa shape index (κ1) is 9.52. The molecule has 1 saturated heterocycles. The van der Waals surface area contributed by atoms with Gasteiger partial charge < -0.3 is 4.90 Å². The second kappa shape index (κ2) is 3.90. The van der Waals surface area contributed by atoms with Gasteiger partial charge in [0.05, 0.1) is 5.92 Å². The Morgan fingerprint density at radius 1 is 1.50 bits per heavy atom. The first-order valence-electron chi connectivity index (χ1n) is 4.06. The van der Waals surface area contributed by atoms with E-state index in [1.807, 2.05) is 0 Å². The number of amides is 1. The molecule has 4 heteroatoms. The molecule has 1 fully saturated rings. The third-order valence-electron chi connectivity index (χ3n) is 2.19. The molecule has 0 saturated carbocycles. The molecule has 0 aliphatic carbocycles. The topological polar surface area (TPSA) is 37.4 Å². The van der Waals surface area contributed by atoms with Gasteiger partial charge in [0.1, 0.15) is 0 Å². The first-order chi connectivity index (χ1) is 5.61. The van der Waals surface area contributed by atoms with Crippen LogP contribution in [0.4, 0.5) is 0 Å². The molecule has 12 heavy (non-hydrogen) atoms. The summed E-state index contributed by atoms with van der Waals surface area (Å²) in [5.74, 6) is -0.123. The van der Waals surface area contributed by atoms with Crippen LogP contribution >= 0.6 is 11.6 Å². The summed E-state index contributed by atoms with van der Waals surface area (Å²) in [7, 11) is 0. The quantitative estimate of drug-likeness (QED) is 0.578. The average Bonchev–Trinajstić information content (AvgIpc) is 2.04. The highest BCUT2D eigenvalue weighted by Gasteiger charge is 2.25. The van der Waals surface area contributed by atoms with E-state index in [1.54, 1.807) is 4.90 Å². The molecule has 0 bridgehead atoms. The van der Waals surface area contributed by atoms with Crippen LogP contribution in [0.15, 0.2) is 0 Å². The van der Waals surface area contributed by atoms with E-state index < -0.39 is 0 Å². The first-order valence-corrected chi connectivity index (χ1v) is 4.44. The zero-order valence-corrected chi connectivity index (χ0v) is 7.80. The van der Waals surface area contributed by atoms with Crippen molar-refractivity contribution in [1.82, 2.24) is 4.90 Å². The van der Waals surface area contributed by atoms with E-state index in [9.17, 15) is 9.59 Å². The predicted octanol–water partition coefficient (Wildman–Crippen LogP) is 1.01. The zero-order valence-electron chi connectivity index (χ0n) is 7.05. The molecular weight excluding hydrogens is 178 g/mol. The summed E-state index contributed by atoms with van der Waals surface area (Å²) in [6.07, 6.45) is 1.69. The fraction of sp³-hybridized carbons (Fsp3) is 0.750.